The summed E-state index contributed by atoms with van der Waals surface area (Å²) >= 11 is 1.09. The number of nitriles is 1. The van der Waals surface area contributed by atoms with Gasteiger partial charge in [-0.3, -0.25) is 0 Å². The highest BCUT2D eigenvalue weighted by atomic mass is 32.1. The Balaban J connectivity index is 1.25. The van der Waals surface area contributed by atoms with Gasteiger partial charge in [0, 0.05) is 35.1 Å². The van der Waals surface area contributed by atoms with Gasteiger partial charge in [-0.05, 0) is 43.0 Å². The van der Waals surface area contributed by atoms with Crippen LogP contribution >= 0.6 is 11.3 Å². The summed E-state index contributed by atoms with van der Waals surface area (Å²) in [6.45, 7) is 1.71. The van der Waals surface area contributed by atoms with Gasteiger partial charge >= 0.3 is 6.18 Å². The van der Waals surface area contributed by atoms with Crippen LogP contribution in [0.3, 0.4) is 0 Å². The van der Waals surface area contributed by atoms with Gasteiger partial charge in [0.25, 0.3) is 0 Å². The zero-order valence-electron chi connectivity index (χ0n) is 17.3. The van der Waals surface area contributed by atoms with Crippen LogP contribution in [0.5, 0.6) is 0 Å². The zero-order chi connectivity index (χ0) is 22.3. The van der Waals surface area contributed by atoms with E-state index in [1.807, 2.05) is 24.3 Å². The number of aromatic nitrogens is 2. The van der Waals surface area contributed by atoms with Crippen molar-refractivity contribution in [3.8, 4) is 6.07 Å². The maximum Gasteiger partial charge on any atom is 0.393 e. The number of thiophene rings is 1. The van der Waals surface area contributed by atoms with E-state index in [2.05, 4.69) is 26.3 Å². The van der Waals surface area contributed by atoms with Gasteiger partial charge in [0.15, 0.2) is 0 Å². The quantitative estimate of drug-likeness (QED) is 0.561. The van der Waals surface area contributed by atoms with Gasteiger partial charge in [-0.15, -0.1) is 11.3 Å². The molecule has 3 aromatic rings. The first-order chi connectivity index (χ1) is 15.3. The summed E-state index contributed by atoms with van der Waals surface area (Å²) in [5.41, 5.74) is 2.27. The monoisotopic (exact) mass is 457 g/mol. The number of hydrogen-bond donors (Lipinski definition) is 1. The largest absolute Gasteiger partial charge is 0.393 e. The number of benzene rings is 1. The van der Waals surface area contributed by atoms with Gasteiger partial charge in [0.2, 0.25) is 0 Å². The molecule has 5 nitrogen and oxygen atoms in total. The first-order valence-corrected chi connectivity index (χ1v) is 11.4. The molecular weight excluding hydrogens is 435 g/mol. The molecule has 2 aliphatic rings. The van der Waals surface area contributed by atoms with E-state index in [0.717, 1.165) is 60.8 Å². The van der Waals surface area contributed by atoms with Crippen LogP contribution < -0.4 is 10.2 Å². The van der Waals surface area contributed by atoms with Gasteiger partial charge in [0.1, 0.15) is 17.0 Å². The smallest absolute Gasteiger partial charge is 0.382 e. The summed E-state index contributed by atoms with van der Waals surface area (Å²) in [6.07, 6.45) is -0.0812. The van der Waals surface area contributed by atoms with Gasteiger partial charge in [0.05, 0.1) is 24.3 Å². The van der Waals surface area contributed by atoms with Crippen molar-refractivity contribution in [2.45, 2.75) is 44.3 Å². The minimum Gasteiger partial charge on any atom is -0.382 e. The van der Waals surface area contributed by atoms with Crippen molar-refractivity contribution in [2.24, 2.45) is 5.41 Å². The second-order valence-corrected chi connectivity index (χ2v) is 10.0. The van der Waals surface area contributed by atoms with Crippen molar-refractivity contribution in [2.75, 3.05) is 23.3 Å². The van der Waals surface area contributed by atoms with Crippen LogP contribution in [0.4, 0.5) is 24.7 Å². The van der Waals surface area contributed by atoms with Crippen LogP contribution in [0.2, 0.25) is 0 Å². The second-order valence-electron chi connectivity index (χ2n) is 8.90. The van der Waals surface area contributed by atoms with Crippen molar-refractivity contribution in [3.05, 3.63) is 47.1 Å². The third-order valence-electron chi connectivity index (χ3n) is 6.37. The van der Waals surface area contributed by atoms with E-state index < -0.39 is 12.6 Å². The van der Waals surface area contributed by atoms with Crippen LogP contribution in [-0.2, 0) is 12.8 Å². The number of hydrogen-bond acceptors (Lipinski definition) is 6. The molecule has 9 heteroatoms. The molecule has 0 bridgehead atoms. The molecule has 32 heavy (non-hydrogen) atoms. The topological polar surface area (TPSA) is 64.8 Å². The molecule has 1 aliphatic heterocycles. The van der Waals surface area contributed by atoms with Crippen molar-refractivity contribution < 1.29 is 13.2 Å². The highest BCUT2D eigenvalue weighted by Gasteiger charge is 2.49. The first kappa shape index (κ1) is 21.0. The Morgan fingerprint density at radius 3 is 2.88 bits per heavy atom. The fourth-order valence-electron chi connectivity index (χ4n) is 5.06. The molecule has 3 heterocycles. The molecule has 2 aromatic heterocycles. The molecule has 1 atom stereocenters. The average molecular weight is 458 g/mol. The number of anilines is 2. The molecule has 1 spiro atoms. The molecule has 1 N–H and O–H groups in total. The van der Waals surface area contributed by atoms with E-state index in [9.17, 15) is 13.2 Å². The third kappa shape index (κ3) is 4.24. The van der Waals surface area contributed by atoms with Crippen LogP contribution in [-0.4, -0.2) is 35.3 Å². The minimum absolute atomic E-state index is 0.212. The lowest BCUT2D eigenvalue weighted by molar-refractivity contribution is -0.126. The van der Waals surface area contributed by atoms with Gasteiger partial charge in [-0.1, -0.05) is 12.1 Å². The van der Waals surface area contributed by atoms with E-state index in [1.54, 1.807) is 6.07 Å². The van der Waals surface area contributed by atoms with Crippen LogP contribution in [0, 0.1) is 16.7 Å². The molecule has 2 fully saturated rings. The molecule has 1 aliphatic carbocycles. The lowest BCUT2D eigenvalue weighted by Crippen LogP contribution is -2.56. The highest BCUT2D eigenvalue weighted by molar-refractivity contribution is 7.18. The van der Waals surface area contributed by atoms with E-state index in [-0.39, 0.29) is 10.3 Å². The molecular formula is C23H22F3N5S. The predicted molar refractivity (Wildman–Crippen MR) is 119 cm³/mol. The van der Waals surface area contributed by atoms with Crippen LogP contribution in [0.25, 0.3) is 10.2 Å². The molecule has 166 valence electrons. The molecule has 1 saturated carbocycles. The van der Waals surface area contributed by atoms with E-state index in [1.165, 1.54) is 6.33 Å². The lowest BCUT2D eigenvalue weighted by Gasteiger charge is -2.49. The van der Waals surface area contributed by atoms with E-state index >= 15 is 0 Å². The fourth-order valence-corrected chi connectivity index (χ4v) is 6.08. The van der Waals surface area contributed by atoms with Crippen molar-refractivity contribution in [1.82, 2.24) is 9.97 Å². The molecule has 1 aromatic carbocycles. The lowest BCUT2D eigenvalue weighted by atomic mass is 9.78. The Hall–Kier alpha value is -2.86. The van der Waals surface area contributed by atoms with Crippen LogP contribution in [0.1, 0.15) is 29.7 Å². The molecule has 5 rings (SSSR count). The summed E-state index contributed by atoms with van der Waals surface area (Å²) in [4.78, 5) is 11.6. The number of fused-ring (bicyclic) bond motifs is 1. The standard InChI is InChI=1S/C23H22F3N5S/c24-23(25,26)11-18-9-19-20(28-14-29-21(19)32-18)31-12-22(13-31)6-4-17(10-22)30-16-3-1-2-15(8-16)5-7-27/h1-3,8-9,14,17,30H,4-6,10-13H2. The van der Waals surface area contributed by atoms with E-state index in [0.29, 0.717) is 22.7 Å². The Bertz CT molecular complexity index is 1180. The molecule has 0 amide bonds. The van der Waals surface area contributed by atoms with Crippen molar-refractivity contribution >= 4 is 33.1 Å². The normalized spacial score (nSPS) is 19.8. The van der Waals surface area contributed by atoms with E-state index in [4.69, 9.17) is 5.26 Å². The number of halogens is 3. The van der Waals surface area contributed by atoms with Gasteiger partial charge in [-0.2, -0.15) is 18.4 Å². The second kappa shape index (κ2) is 7.93. The SMILES string of the molecule is N#CCc1cccc(NC2CCC3(C2)CN(c2ncnc4sc(CC(F)(F)F)cc24)C3)c1. The molecule has 1 unspecified atom stereocenters. The Labute approximate surface area is 187 Å². The molecule has 1 saturated heterocycles. The zero-order valence-corrected chi connectivity index (χ0v) is 18.1. The first-order valence-electron chi connectivity index (χ1n) is 10.6. The Morgan fingerprint density at radius 2 is 2.09 bits per heavy atom. The van der Waals surface area contributed by atoms with Crippen molar-refractivity contribution in [3.63, 3.8) is 0 Å². The fraction of sp³-hybridized carbons (Fsp3) is 0.435. The van der Waals surface area contributed by atoms with Gasteiger partial charge in [-0.25, -0.2) is 9.97 Å². The number of nitrogens with zero attached hydrogens (tertiary/aromatic N) is 4. The Kier molecular flexibility index (Phi) is 5.20. The molecule has 0 radical (unpaired) electrons. The third-order valence-corrected chi connectivity index (χ3v) is 7.41. The Morgan fingerprint density at radius 1 is 1.25 bits per heavy atom. The van der Waals surface area contributed by atoms with Gasteiger partial charge < -0.3 is 10.2 Å². The maximum atomic E-state index is 12.8. The van der Waals surface area contributed by atoms with Crippen molar-refractivity contribution in [1.29, 1.82) is 5.26 Å². The maximum absolute atomic E-state index is 12.8. The average Bonchev–Trinajstić information content (AvgIpc) is 3.29. The number of rotatable bonds is 5. The summed E-state index contributed by atoms with van der Waals surface area (Å²) in [5.74, 6) is 0.742. The number of nitrogens with one attached hydrogen (secondary N) is 1. The summed E-state index contributed by atoms with van der Waals surface area (Å²) < 4.78 is 38.4. The summed E-state index contributed by atoms with van der Waals surface area (Å²) in [6, 6.07) is 12.2. The summed E-state index contributed by atoms with van der Waals surface area (Å²) in [5, 5.41) is 13.2. The number of alkyl halides is 3. The predicted octanol–water partition coefficient (Wildman–Crippen LogP) is 5.33. The van der Waals surface area contributed by atoms with Crippen LogP contribution in [0.15, 0.2) is 36.7 Å². The summed E-state index contributed by atoms with van der Waals surface area (Å²) in [7, 11) is 0. The highest BCUT2D eigenvalue weighted by Crippen LogP contribution is 2.48. The minimum atomic E-state index is -4.23.